The van der Waals surface area contributed by atoms with Gasteiger partial charge in [-0.05, 0) is 6.92 Å². The fourth-order valence-corrected chi connectivity index (χ4v) is 2.58. The summed E-state index contributed by atoms with van der Waals surface area (Å²) in [5.41, 5.74) is 1.01. The summed E-state index contributed by atoms with van der Waals surface area (Å²) in [7, 11) is 1.74. The lowest BCUT2D eigenvalue weighted by atomic mass is 10.3. The lowest BCUT2D eigenvalue weighted by Crippen LogP contribution is -2.25. The Hall–Kier alpha value is -1.54. The molecule has 0 radical (unpaired) electrons. The number of hydrogen-bond donors (Lipinski definition) is 2. The highest BCUT2D eigenvalue weighted by molar-refractivity contribution is 7.17. The smallest absolute Gasteiger partial charge is 0.282 e. The number of rotatable bonds is 5. The lowest BCUT2D eigenvalue weighted by Gasteiger charge is -2.00. The first-order valence-corrected chi connectivity index (χ1v) is 7.09. The van der Waals surface area contributed by atoms with E-state index in [-0.39, 0.29) is 5.91 Å². The molecule has 0 aliphatic rings. The zero-order chi connectivity index (χ0) is 13.0. The van der Waals surface area contributed by atoms with E-state index < -0.39 is 0 Å². The third-order valence-corrected chi connectivity index (χ3v) is 3.93. The predicted octanol–water partition coefficient (Wildman–Crippen LogP) is 1.32. The van der Waals surface area contributed by atoms with Gasteiger partial charge in [-0.2, -0.15) is 0 Å². The Kier molecular flexibility index (Phi) is 4.21. The molecule has 0 fully saturated rings. The Balaban J connectivity index is 1.81. The van der Waals surface area contributed by atoms with E-state index in [9.17, 15) is 4.79 Å². The molecule has 0 saturated heterocycles. The van der Waals surface area contributed by atoms with Gasteiger partial charge in [0.15, 0.2) is 0 Å². The summed E-state index contributed by atoms with van der Waals surface area (Å²) in [5, 5.41) is 17.3. The van der Waals surface area contributed by atoms with Crippen LogP contribution in [0.25, 0.3) is 0 Å². The van der Waals surface area contributed by atoms with E-state index in [1.165, 1.54) is 11.3 Å². The molecule has 2 heterocycles. The molecule has 2 N–H and O–H groups in total. The Morgan fingerprint density at radius 3 is 2.89 bits per heavy atom. The number of aryl methyl sites for hydroxylation is 1. The number of aromatic nitrogens is 3. The van der Waals surface area contributed by atoms with Crippen LogP contribution in [0.5, 0.6) is 0 Å². The number of thiazole rings is 1. The van der Waals surface area contributed by atoms with E-state index in [1.807, 2.05) is 12.3 Å². The van der Waals surface area contributed by atoms with Crippen molar-refractivity contribution in [2.24, 2.45) is 0 Å². The molecule has 0 aromatic carbocycles. The Labute approximate surface area is 112 Å². The number of nitrogens with one attached hydrogen (secondary N) is 2. The molecule has 0 atom stereocenters. The molecule has 2 aromatic rings. The summed E-state index contributed by atoms with van der Waals surface area (Å²) in [5.74, 6) is -0.194. The molecule has 6 nitrogen and oxygen atoms in total. The molecule has 0 bridgehead atoms. The number of carbonyl (C=O) groups excluding carboxylic acids is 1. The highest BCUT2D eigenvalue weighted by Crippen LogP contribution is 2.13. The molecule has 0 aliphatic carbocycles. The zero-order valence-corrected chi connectivity index (χ0v) is 11.7. The molecule has 18 heavy (non-hydrogen) atoms. The van der Waals surface area contributed by atoms with Crippen molar-refractivity contribution in [1.82, 2.24) is 20.5 Å². The third-order valence-electron chi connectivity index (χ3n) is 2.17. The largest absolute Gasteiger partial charge is 0.363 e. The van der Waals surface area contributed by atoms with Crippen LogP contribution in [0, 0.1) is 6.92 Å². The molecule has 0 spiro atoms. The van der Waals surface area contributed by atoms with Crippen molar-refractivity contribution < 1.29 is 4.79 Å². The second kappa shape index (κ2) is 5.87. The van der Waals surface area contributed by atoms with Crippen LogP contribution in [-0.2, 0) is 6.42 Å². The van der Waals surface area contributed by atoms with Crippen molar-refractivity contribution in [1.29, 1.82) is 0 Å². The van der Waals surface area contributed by atoms with Crippen LogP contribution in [0.15, 0.2) is 5.38 Å². The first-order chi connectivity index (χ1) is 8.69. The summed E-state index contributed by atoms with van der Waals surface area (Å²) in [6.07, 6.45) is 0.730. The minimum atomic E-state index is -0.194. The number of nitrogens with zero attached hydrogens (tertiary/aromatic N) is 3. The molecular formula is C10H13N5OS2. The maximum Gasteiger partial charge on any atom is 0.282 e. The van der Waals surface area contributed by atoms with Crippen molar-refractivity contribution >= 4 is 33.7 Å². The van der Waals surface area contributed by atoms with Crippen LogP contribution in [0.4, 0.5) is 5.13 Å². The lowest BCUT2D eigenvalue weighted by molar-refractivity contribution is 0.0953. The van der Waals surface area contributed by atoms with Gasteiger partial charge in [0.2, 0.25) is 10.1 Å². The average molecular weight is 283 g/mol. The predicted molar refractivity (Wildman–Crippen MR) is 72.3 cm³/mol. The minimum absolute atomic E-state index is 0.194. The maximum absolute atomic E-state index is 11.7. The molecule has 96 valence electrons. The molecule has 0 aliphatic heterocycles. The van der Waals surface area contributed by atoms with Crippen LogP contribution in [0.1, 0.15) is 20.5 Å². The molecule has 2 rings (SSSR count). The highest BCUT2D eigenvalue weighted by atomic mass is 32.1. The van der Waals surface area contributed by atoms with Gasteiger partial charge in [-0.3, -0.25) is 4.79 Å². The summed E-state index contributed by atoms with van der Waals surface area (Å²) < 4.78 is 0. The summed E-state index contributed by atoms with van der Waals surface area (Å²) >= 11 is 2.85. The van der Waals surface area contributed by atoms with Crippen molar-refractivity contribution in [2.75, 3.05) is 18.9 Å². The second-order valence-electron chi connectivity index (χ2n) is 3.53. The molecule has 0 saturated carbocycles. The van der Waals surface area contributed by atoms with Crippen LogP contribution in [0.2, 0.25) is 0 Å². The number of amides is 1. The van der Waals surface area contributed by atoms with Gasteiger partial charge < -0.3 is 10.6 Å². The molecule has 2 aromatic heterocycles. The zero-order valence-electron chi connectivity index (χ0n) is 10.1. The fourth-order valence-electron chi connectivity index (χ4n) is 1.32. The SMILES string of the molecule is CNc1nnc(C(=O)NCCc2csc(C)n2)s1. The van der Waals surface area contributed by atoms with Crippen LogP contribution in [-0.4, -0.2) is 34.7 Å². The molecular weight excluding hydrogens is 270 g/mol. The van der Waals surface area contributed by atoms with Crippen LogP contribution >= 0.6 is 22.7 Å². The van der Waals surface area contributed by atoms with E-state index >= 15 is 0 Å². The van der Waals surface area contributed by atoms with Gasteiger partial charge in [0.1, 0.15) is 0 Å². The van der Waals surface area contributed by atoms with Crippen LogP contribution in [0.3, 0.4) is 0 Å². The summed E-state index contributed by atoms with van der Waals surface area (Å²) in [6.45, 7) is 2.52. The normalized spacial score (nSPS) is 10.3. The van der Waals surface area contributed by atoms with E-state index in [2.05, 4.69) is 25.8 Å². The number of hydrogen-bond acceptors (Lipinski definition) is 7. The maximum atomic E-state index is 11.7. The van der Waals surface area contributed by atoms with Crippen molar-refractivity contribution in [3.05, 3.63) is 21.1 Å². The monoisotopic (exact) mass is 283 g/mol. The minimum Gasteiger partial charge on any atom is -0.363 e. The Morgan fingerprint density at radius 1 is 1.44 bits per heavy atom. The standard InChI is InChI=1S/C10H13N5OS2/c1-6-13-7(5-17-6)3-4-12-8(16)9-14-15-10(11-2)18-9/h5H,3-4H2,1-2H3,(H,11,15)(H,12,16). The molecule has 0 unspecified atom stereocenters. The molecule has 8 heteroatoms. The Morgan fingerprint density at radius 2 is 2.28 bits per heavy atom. The quantitative estimate of drug-likeness (QED) is 0.865. The van der Waals surface area contributed by atoms with E-state index in [1.54, 1.807) is 18.4 Å². The van der Waals surface area contributed by atoms with Gasteiger partial charge >= 0.3 is 0 Å². The van der Waals surface area contributed by atoms with Gasteiger partial charge in [0.05, 0.1) is 10.7 Å². The average Bonchev–Trinajstić information content (AvgIpc) is 2.98. The van der Waals surface area contributed by atoms with Crippen molar-refractivity contribution in [3.63, 3.8) is 0 Å². The van der Waals surface area contributed by atoms with E-state index in [0.29, 0.717) is 16.7 Å². The first-order valence-electron chi connectivity index (χ1n) is 5.39. The van der Waals surface area contributed by atoms with Crippen LogP contribution < -0.4 is 10.6 Å². The van der Waals surface area contributed by atoms with E-state index in [0.717, 1.165) is 17.1 Å². The van der Waals surface area contributed by atoms with Gasteiger partial charge in [-0.25, -0.2) is 4.98 Å². The highest BCUT2D eigenvalue weighted by Gasteiger charge is 2.11. The van der Waals surface area contributed by atoms with Crippen molar-refractivity contribution in [2.45, 2.75) is 13.3 Å². The Bertz CT molecular complexity index is 536. The van der Waals surface area contributed by atoms with E-state index in [4.69, 9.17) is 0 Å². The van der Waals surface area contributed by atoms with Gasteiger partial charge in [-0.1, -0.05) is 11.3 Å². The summed E-state index contributed by atoms with van der Waals surface area (Å²) in [6, 6.07) is 0. The third kappa shape index (κ3) is 3.23. The second-order valence-corrected chi connectivity index (χ2v) is 5.57. The van der Waals surface area contributed by atoms with Crippen molar-refractivity contribution in [3.8, 4) is 0 Å². The topological polar surface area (TPSA) is 79.8 Å². The van der Waals surface area contributed by atoms with Gasteiger partial charge in [0.25, 0.3) is 5.91 Å². The first kappa shape index (κ1) is 12.9. The van der Waals surface area contributed by atoms with Gasteiger partial charge in [-0.15, -0.1) is 21.5 Å². The summed E-state index contributed by atoms with van der Waals surface area (Å²) in [4.78, 5) is 16.1. The van der Waals surface area contributed by atoms with Gasteiger partial charge in [0, 0.05) is 25.4 Å². The number of anilines is 1. The fraction of sp³-hybridized carbons (Fsp3) is 0.400. The number of carbonyl (C=O) groups is 1. The molecule has 1 amide bonds.